The van der Waals surface area contributed by atoms with Crippen molar-refractivity contribution >= 4 is 15.9 Å². The lowest BCUT2D eigenvalue weighted by atomic mass is 9.65. The molecule has 1 saturated carbocycles. The molecular formula is C15H29BrO. The van der Waals surface area contributed by atoms with Crippen LogP contribution in [0.4, 0.5) is 0 Å². The average molecular weight is 305 g/mol. The predicted octanol–water partition coefficient (Wildman–Crippen LogP) is 5.17. The van der Waals surface area contributed by atoms with Crippen LogP contribution in [0.3, 0.4) is 0 Å². The summed E-state index contributed by atoms with van der Waals surface area (Å²) in [5.41, 5.74) is 0.364. The van der Waals surface area contributed by atoms with Gasteiger partial charge in [-0.1, -0.05) is 62.9 Å². The SMILES string of the molecule is CCCCC(CC)COC1CC(Br)C1(C)CC. The van der Waals surface area contributed by atoms with E-state index in [0.29, 0.717) is 16.3 Å². The molecule has 0 aromatic carbocycles. The maximum absolute atomic E-state index is 6.17. The monoisotopic (exact) mass is 304 g/mol. The number of unbranched alkanes of at least 4 members (excludes halogenated alkanes) is 1. The lowest BCUT2D eigenvalue weighted by molar-refractivity contribution is -0.107. The van der Waals surface area contributed by atoms with Crippen molar-refractivity contribution in [3.63, 3.8) is 0 Å². The number of hydrogen-bond acceptors (Lipinski definition) is 1. The van der Waals surface area contributed by atoms with Crippen LogP contribution in [0.2, 0.25) is 0 Å². The Morgan fingerprint density at radius 1 is 1.35 bits per heavy atom. The Labute approximate surface area is 116 Å². The third-order valence-corrected chi connectivity index (χ3v) is 6.13. The van der Waals surface area contributed by atoms with E-state index in [1.165, 1.54) is 38.5 Å². The van der Waals surface area contributed by atoms with Crippen LogP contribution in [0.25, 0.3) is 0 Å². The molecule has 0 amide bonds. The molecule has 4 unspecified atom stereocenters. The van der Waals surface area contributed by atoms with Crippen LogP contribution in [0.5, 0.6) is 0 Å². The minimum Gasteiger partial charge on any atom is -0.377 e. The molecule has 102 valence electrons. The average Bonchev–Trinajstić information content (AvgIpc) is 2.36. The maximum atomic E-state index is 6.17. The Morgan fingerprint density at radius 2 is 2.06 bits per heavy atom. The molecule has 0 bridgehead atoms. The summed E-state index contributed by atoms with van der Waals surface area (Å²) in [5, 5.41) is 0. The summed E-state index contributed by atoms with van der Waals surface area (Å²) < 4.78 is 6.17. The number of alkyl halides is 1. The molecule has 0 aliphatic heterocycles. The predicted molar refractivity (Wildman–Crippen MR) is 78.8 cm³/mol. The molecule has 1 fully saturated rings. The van der Waals surface area contributed by atoms with Crippen molar-refractivity contribution in [1.29, 1.82) is 0 Å². The molecule has 2 heteroatoms. The van der Waals surface area contributed by atoms with Gasteiger partial charge in [-0.05, 0) is 25.2 Å². The van der Waals surface area contributed by atoms with Gasteiger partial charge in [0.25, 0.3) is 0 Å². The third kappa shape index (κ3) is 3.70. The molecule has 1 rings (SSSR count). The van der Waals surface area contributed by atoms with Crippen LogP contribution >= 0.6 is 15.9 Å². The molecule has 17 heavy (non-hydrogen) atoms. The Morgan fingerprint density at radius 3 is 2.53 bits per heavy atom. The highest BCUT2D eigenvalue weighted by molar-refractivity contribution is 9.09. The molecule has 0 N–H and O–H groups in total. The molecule has 0 radical (unpaired) electrons. The van der Waals surface area contributed by atoms with E-state index in [9.17, 15) is 0 Å². The molecular weight excluding hydrogens is 276 g/mol. The van der Waals surface area contributed by atoms with Crippen molar-refractivity contribution in [1.82, 2.24) is 0 Å². The normalized spacial score (nSPS) is 34.4. The highest BCUT2D eigenvalue weighted by atomic mass is 79.9. The van der Waals surface area contributed by atoms with Crippen LogP contribution in [-0.2, 0) is 4.74 Å². The zero-order valence-corrected chi connectivity index (χ0v) is 13.6. The second kappa shape index (κ2) is 7.13. The van der Waals surface area contributed by atoms with E-state index in [1.807, 2.05) is 0 Å². The van der Waals surface area contributed by atoms with Crippen molar-refractivity contribution in [2.45, 2.75) is 77.2 Å². The summed E-state index contributed by atoms with van der Waals surface area (Å²) in [6.07, 6.45) is 8.11. The first kappa shape index (κ1) is 15.5. The minimum absolute atomic E-state index is 0.364. The molecule has 0 saturated heterocycles. The van der Waals surface area contributed by atoms with E-state index in [2.05, 4.69) is 43.6 Å². The van der Waals surface area contributed by atoms with Gasteiger partial charge < -0.3 is 4.74 Å². The summed E-state index contributed by atoms with van der Waals surface area (Å²) in [7, 11) is 0. The van der Waals surface area contributed by atoms with Crippen LogP contribution in [0, 0.1) is 11.3 Å². The Balaban J connectivity index is 2.30. The van der Waals surface area contributed by atoms with E-state index in [-0.39, 0.29) is 0 Å². The van der Waals surface area contributed by atoms with Gasteiger partial charge in [0.1, 0.15) is 0 Å². The van der Waals surface area contributed by atoms with E-state index in [0.717, 1.165) is 12.5 Å². The van der Waals surface area contributed by atoms with Gasteiger partial charge in [0.2, 0.25) is 0 Å². The number of ether oxygens (including phenoxy) is 1. The summed E-state index contributed by atoms with van der Waals surface area (Å²) in [5.74, 6) is 0.769. The second-order valence-electron chi connectivity index (χ2n) is 5.80. The topological polar surface area (TPSA) is 9.23 Å². The Kier molecular flexibility index (Phi) is 6.50. The second-order valence-corrected chi connectivity index (χ2v) is 6.91. The van der Waals surface area contributed by atoms with Gasteiger partial charge in [-0.15, -0.1) is 0 Å². The number of hydrogen-bond donors (Lipinski definition) is 0. The Bertz CT molecular complexity index is 219. The molecule has 1 aliphatic rings. The van der Waals surface area contributed by atoms with Crippen molar-refractivity contribution in [2.75, 3.05) is 6.61 Å². The van der Waals surface area contributed by atoms with Crippen LogP contribution in [0.1, 0.15) is 66.2 Å². The number of halogens is 1. The lowest BCUT2D eigenvalue weighted by Gasteiger charge is -2.51. The Hall–Kier alpha value is 0.440. The third-order valence-electron chi connectivity index (χ3n) is 4.71. The summed E-state index contributed by atoms with van der Waals surface area (Å²) in [4.78, 5) is 0.653. The molecule has 4 atom stereocenters. The van der Waals surface area contributed by atoms with Gasteiger partial charge in [0.05, 0.1) is 6.10 Å². The quantitative estimate of drug-likeness (QED) is 0.562. The molecule has 0 heterocycles. The van der Waals surface area contributed by atoms with Crippen molar-refractivity contribution < 1.29 is 4.74 Å². The summed E-state index contributed by atoms with van der Waals surface area (Å²) in [6.45, 7) is 10.2. The molecule has 0 spiro atoms. The van der Waals surface area contributed by atoms with Gasteiger partial charge in [0, 0.05) is 16.8 Å². The minimum atomic E-state index is 0.364. The van der Waals surface area contributed by atoms with Crippen LogP contribution in [0.15, 0.2) is 0 Å². The van der Waals surface area contributed by atoms with E-state index in [1.54, 1.807) is 0 Å². The molecule has 1 nitrogen and oxygen atoms in total. The largest absolute Gasteiger partial charge is 0.377 e. The zero-order valence-electron chi connectivity index (χ0n) is 12.0. The molecule has 0 aromatic heterocycles. The van der Waals surface area contributed by atoms with Crippen LogP contribution < -0.4 is 0 Å². The smallest absolute Gasteiger partial charge is 0.0650 e. The summed E-state index contributed by atoms with van der Waals surface area (Å²) >= 11 is 3.77. The van der Waals surface area contributed by atoms with Gasteiger partial charge in [-0.25, -0.2) is 0 Å². The fourth-order valence-corrected chi connectivity index (χ4v) is 3.58. The van der Waals surface area contributed by atoms with E-state index in [4.69, 9.17) is 4.74 Å². The molecule has 1 aliphatic carbocycles. The van der Waals surface area contributed by atoms with E-state index < -0.39 is 0 Å². The standard InChI is InChI=1S/C15H29BrO/c1-5-8-9-12(6-2)11-17-14-10-13(16)15(14,4)7-3/h12-14H,5-11H2,1-4H3. The fraction of sp³-hybridized carbons (Fsp3) is 1.00. The van der Waals surface area contributed by atoms with Gasteiger partial charge in [-0.2, -0.15) is 0 Å². The molecule has 0 aromatic rings. The van der Waals surface area contributed by atoms with Gasteiger partial charge >= 0.3 is 0 Å². The number of rotatable bonds is 8. The van der Waals surface area contributed by atoms with Crippen molar-refractivity contribution in [3.8, 4) is 0 Å². The highest BCUT2D eigenvalue weighted by Gasteiger charge is 2.49. The van der Waals surface area contributed by atoms with Gasteiger partial charge in [-0.3, -0.25) is 0 Å². The lowest BCUT2D eigenvalue weighted by Crippen LogP contribution is -2.53. The zero-order chi connectivity index (χ0) is 12.9. The van der Waals surface area contributed by atoms with Crippen LogP contribution in [-0.4, -0.2) is 17.5 Å². The van der Waals surface area contributed by atoms with Crippen molar-refractivity contribution in [3.05, 3.63) is 0 Å². The first-order valence-electron chi connectivity index (χ1n) is 7.34. The highest BCUT2D eigenvalue weighted by Crippen LogP contribution is 2.50. The maximum Gasteiger partial charge on any atom is 0.0650 e. The van der Waals surface area contributed by atoms with Gasteiger partial charge in [0.15, 0.2) is 0 Å². The first-order chi connectivity index (χ1) is 8.08. The fourth-order valence-electron chi connectivity index (χ4n) is 2.63. The van der Waals surface area contributed by atoms with Crippen molar-refractivity contribution in [2.24, 2.45) is 11.3 Å². The summed E-state index contributed by atoms with van der Waals surface area (Å²) in [6, 6.07) is 0. The van der Waals surface area contributed by atoms with E-state index >= 15 is 0 Å². The first-order valence-corrected chi connectivity index (χ1v) is 8.25.